The van der Waals surface area contributed by atoms with E-state index >= 15 is 0 Å². The van der Waals surface area contributed by atoms with Crippen LogP contribution in [0.4, 0.5) is 0 Å². The Morgan fingerprint density at radius 3 is 2.70 bits per heavy atom. The van der Waals surface area contributed by atoms with Gasteiger partial charge in [0.15, 0.2) is 0 Å². The molecule has 0 bridgehead atoms. The number of hydrogen-bond acceptors (Lipinski definition) is 3. The summed E-state index contributed by atoms with van der Waals surface area (Å²) in [6, 6.07) is 9.47. The topological polar surface area (TPSA) is 70.3 Å². The van der Waals surface area contributed by atoms with Gasteiger partial charge in [0.1, 0.15) is 5.75 Å². The van der Waals surface area contributed by atoms with E-state index in [1.165, 1.54) is 0 Å². The molecule has 0 amide bonds. The Balaban J connectivity index is 2.39. The zero-order valence-electron chi connectivity index (χ0n) is 12.1. The number of unbranched alkanes of at least 4 members (excludes halogenated alkanes) is 1. The summed E-state index contributed by atoms with van der Waals surface area (Å²) in [6.07, 6.45) is 2.58. The van der Waals surface area contributed by atoms with Crippen LogP contribution in [0.2, 0.25) is 0 Å². The Kier molecular flexibility index (Phi) is 6.05. The quantitative estimate of drug-likeness (QED) is 0.738. The molecule has 1 rings (SSSR count). The smallest absolute Gasteiger partial charge is 0.307 e. The van der Waals surface area contributed by atoms with Crippen molar-refractivity contribution in [1.29, 1.82) is 5.26 Å². The molecule has 4 heteroatoms. The zero-order valence-corrected chi connectivity index (χ0v) is 12.1. The Morgan fingerprint density at radius 2 is 2.05 bits per heavy atom. The maximum Gasteiger partial charge on any atom is 0.307 e. The van der Waals surface area contributed by atoms with Crippen LogP contribution in [0, 0.1) is 16.7 Å². The maximum absolute atomic E-state index is 10.8. The van der Waals surface area contributed by atoms with Gasteiger partial charge in [-0.25, -0.2) is 0 Å². The second-order valence-corrected chi connectivity index (χ2v) is 5.48. The molecule has 0 atom stereocenters. The van der Waals surface area contributed by atoms with Gasteiger partial charge in [0.2, 0.25) is 0 Å². The summed E-state index contributed by atoms with van der Waals surface area (Å²) in [6.45, 7) is 4.39. The lowest BCUT2D eigenvalue weighted by Crippen LogP contribution is -2.09. The molecule has 0 aliphatic carbocycles. The maximum atomic E-state index is 10.8. The Hall–Kier alpha value is -2.02. The van der Waals surface area contributed by atoms with E-state index in [1.807, 2.05) is 19.9 Å². The van der Waals surface area contributed by atoms with Crippen molar-refractivity contribution in [3.05, 3.63) is 29.8 Å². The molecular weight excluding hydrogens is 254 g/mol. The first-order valence-corrected chi connectivity index (χ1v) is 6.78. The number of carbonyl (C=O) groups is 1. The van der Waals surface area contributed by atoms with Gasteiger partial charge in [0.05, 0.1) is 24.5 Å². The number of rotatable bonds is 8. The number of nitrogens with zero attached hydrogens (tertiary/aromatic N) is 1. The first kappa shape index (κ1) is 16.0. The van der Waals surface area contributed by atoms with E-state index < -0.39 is 5.97 Å². The second-order valence-electron chi connectivity index (χ2n) is 5.48. The van der Waals surface area contributed by atoms with Crippen molar-refractivity contribution in [2.75, 3.05) is 6.61 Å². The Morgan fingerprint density at radius 1 is 1.35 bits per heavy atom. The normalized spacial score (nSPS) is 10.8. The molecule has 1 aromatic carbocycles. The summed E-state index contributed by atoms with van der Waals surface area (Å²) in [5.74, 6) is -0.230. The zero-order chi connectivity index (χ0) is 15.0. The summed E-state index contributed by atoms with van der Waals surface area (Å²) >= 11 is 0. The van der Waals surface area contributed by atoms with E-state index in [9.17, 15) is 4.79 Å². The molecule has 0 spiro atoms. The van der Waals surface area contributed by atoms with Gasteiger partial charge in [-0.05, 0) is 39.2 Å². The molecular formula is C16H21NO3. The molecule has 1 aromatic rings. The third-order valence-corrected chi connectivity index (χ3v) is 3.07. The number of hydrogen-bond donors (Lipinski definition) is 1. The van der Waals surface area contributed by atoms with Crippen molar-refractivity contribution in [2.24, 2.45) is 5.41 Å². The molecule has 0 saturated heterocycles. The van der Waals surface area contributed by atoms with E-state index in [0.29, 0.717) is 17.9 Å². The molecule has 0 aromatic heterocycles. The highest BCUT2D eigenvalue weighted by atomic mass is 16.5. The van der Waals surface area contributed by atoms with Crippen molar-refractivity contribution in [3.63, 3.8) is 0 Å². The first-order chi connectivity index (χ1) is 9.44. The van der Waals surface area contributed by atoms with Gasteiger partial charge < -0.3 is 9.84 Å². The van der Waals surface area contributed by atoms with Crippen LogP contribution in [-0.2, 0) is 11.2 Å². The van der Waals surface area contributed by atoms with Crippen molar-refractivity contribution in [2.45, 2.75) is 39.5 Å². The third kappa shape index (κ3) is 5.75. The minimum absolute atomic E-state index is 0.0301. The summed E-state index contributed by atoms with van der Waals surface area (Å²) in [7, 11) is 0. The lowest BCUT2D eigenvalue weighted by Gasteiger charge is -2.15. The van der Waals surface area contributed by atoms with Gasteiger partial charge >= 0.3 is 5.97 Å². The average Bonchev–Trinajstić information content (AvgIpc) is 2.39. The summed E-state index contributed by atoms with van der Waals surface area (Å²) < 4.78 is 5.64. The van der Waals surface area contributed by atoms with E-state index in [2.05, 4.69) is 6.07 Å². The van der Waals surface area contributed by atoms with E-state index in [-0.39, 0.29) is 11.8 Å². The van der Waals surface area contributed by atoms with Crippen molar-refractivity contribution in [3.8, 4) is 11.8 Å². The van der Waals surface area contributed by atoms with Crippen LogP contribution < -0.4 is 4.74 Å². The highest BCUT2D eigenvalue weighted by Crippen LogP contribution is 2.22. The Labute approximate surface area is 120 Å². The van der Waals surface area contributed by atoms with Gasteiger partial charge in [-0.15, -0.1) is 0 Å². The predicted molar refractivity (Wildman–Crippen MR) is 76.5 cm³/mol. The van der Waals surface area contributed by atoms with Gasteiger partial charge in [-0.2, -0.15) is 5.26 Å². The van der Waals surface area contributed by atoms with Crippen LogP contribution >= 0.6 is 0 Å². The Bertz CT molecular complexity index is 489. The van der Waals surface area contributed by atoms with Crippen molar-refractivity contribution < 1.29 is 14.6 Å². The number of carboxylic acid groups (broad SMARTS) is 1. The fraction of sp³-hybridized carbons (Fsp3) is 0.500. The third-order valence-electron chi connectivity index (χ3n) is 3.07. The van der Waals surface area contributed by atoms with Crippen LogP contribution in [0.5, 0.6) is 5.75 Å². The molecule has 0 saturated carbocycles. The molecule has 0 unspecified atom stereocenters. The fourth-order valence-corrected chi connectivity index (χ4v) is 1.86. The van der Waals surface area contributed by atoms with Gasteiger partial charge in [0, 0.05) is 5.56 Å². The molecule has 0 radical (unpaired) electrons. The summed E-state index contributed by atoms with van der Waals surface area (Å²) in [4.78, 5) is 10.8. The highest BCUT2D eigenvalue weighted by Gasteiger charge is 2.15. The van der Waals surface area contributed by atoms with Crippen LogP contribution in [0.15, 0.2) is 24.3 Å². The average molecular weight is 275 g/mol. The second kappa shape index (κ2) is 7.54. The lowest BCUT2D eigenvalue weighted by molar-refractivity contribution is -0.136. The minimum Gasteiger partial charge on any atom is -0.493 e. The molecule has 0 heterocycles. The van der Waals surface area contributed by atoms with Crippen molar-refractivity contribution in [1.82, 2.24) is 0 Å². The van der Waals surface area contributed by atoms with Crippen LogP contribution in [0.3, 0.4) is 0 Å². The summed E-state index contributed by atoms with van der Waals surface area (Å²) in [5.41, 5.74) is 0.402. The van der Waals surface area contributed by atoms with Crippen LogP contribution in [0.1, 0.15) is 38.7 Å². The van der Waals surface area contributed by atoms with Crippen LogP contribution in [-0.4, -0.2) is 17.7 Å². The van der Waals surface area contributed by atoms with E-state index in [1.54, 1.807) is 18.2 Å². The summed E-state index contributed by atoms with van der Waals surface area (Å²) in [5, 5.41) is 17.7. The number of nitriles is 1. The standard InChI is InChI=1S/C16H21NO3/c1-16(2,12-17)9-5-6-10-20-14-8-4-3-7-13(14)11-15(18)19/h3-4,7-8H,5-6,9-11H2,1-2H3,(H,18,19). The molecule has 20 heavy (non-hydrogen) atoms. The van der Waals surface area contributed by atoms with Gasteiger partial charge in [-0.1, -0.05) is 18.2 Å². The lowest BCUT2D eigenvalue weighted by atomic mass is 9.89. The minimum atomic E-state index is -0.864. The molecule has 1 N–H and O–H groups in total. The number of aliphatic carboxylic acids is 1. The molecule has 4 nitrogen and oxygen atoms in total. The number of para-hydroxylation sites is 1. The van der Waals surface area contributed by atoms with E-state index in [0.717, 1.165) is 19.3 Å². The fourth-order valence-electron chi connectivity index (χ4n) is 1.86. The number of benzene rings is 1. The molecule has 0 aliphatic rings. The van der Waals surface area contributed by atoms with Crippen molar-refractivity contribution >= 4 is 5.97 Å². The molecule has 0 fully saturated rings. The van der Waals surface area contributed by atoms with Gasteiger partial charge in [0.25, 0.3) is 0 Å². The molecule has 0 aliphatic heterocycles. The monoisotopic (exact) mass is 275 g/mol. The largest absolute Gasteiger partial charge is 0.493 e. The highest BCUT2D eigenvalue weighted by molar-refractivity contribution is 5.71. The van der Waals surface area contributed by atoms with Gasteiger partial charge in [-0.3, -0.25) is 4.79 Å². The van der Waals surface area contributed by atoms with E-state index in [4.69, 9.17) is 15.1 Å². The number of ether oxygens (including phenoxy) is 1. The molecule has 108 valence electrons. The first-order valence-electron chi connectivity index (χ1n) is 6.78. The van der Waals surface area contributed by atoms with Crippen LogP contribution in [0.25, 0.3) is 0 Å². The predicted octanol–water partition coefficient (Wildman–Crippen LogP) is 3.41. The number of carboxylic acids is 1. The SMILES string of the molecule is CC(C)(C#N)CCCCOc1ccccc1CC(=O)O.